The molecule has 2 N–H and O–H groups in total. The van der Waals surface area contributed by atoms with E-state index in [9.17, 15) is 13.2 Å². The predicted molar refractivity (Wildman–Crippen MR) is 121 cm³/mol. The number of oxime groups is 1. The third-order valence-corrected chi connectivity index (χ3v) is 7.27. The van der Waals surface area contributed by atoms with Crippen molar-refractivity contribution in [1.29, 1.82) is 0 Å². The van der Waals surface area contributed by atoms with Crippen molar-refractivity contribution in [3.05, 3.63) is 52.7 Å². The number of rotatable bonds is 6. The Labute approximate surface area is 187 Å². The van der Waals surface area contributed by atoms with Gasteiger partial charge in [0, 0.05) is 18.9 Å². The van der Waals surface area contributed by atoms with Crippen LogP contribution in [0.1, 0.15) is 49.1 Å². The molecule has 1 heterocycles. The van der Waals surface area contributed by atoms with Crippen LogP contribution in [0.3, 0.4) is 0 Å². The zero-order valence-corrected chi connectivity index (χ0v) is 19.1. The molecule has 1 atom stereocenters. The van der Waals surface area contributed by atoms with Crippen LogP contribution in [0.5, 0.6) is 0 Å². The molecule has 1 amide bonds. The van der Waals surface area contributed by atoms with Crippen LogP contribution >= 0.6 is 11.6 Å². The Bertz CT molecular complexity index is 1070. The maximum atomic E-state index is 12.8. The number of carbonyl (C=O) groups is 1. The fraction of sp³-hybridized carbons (Fsp3) is 0.409. The van der Waals surface area contributed by atoms with Crippen LogP contribution in [0.25, 0.3) is 0 Å². The molecule has 166 valence electrons. The van der Waals surface area contributed by atoms with E-state index in [1.807, 2.05) is 13.0 Å². The minimum atomic E-state index is -3.44. The fourth-order valence-corrected chi connectivity index (χ4v) is 5.35. The summed E-state index contributed by atoms with van der Waals surface area (Å²) in [4.78, 5) is 17.1. The molecule has 9 heteroatoms. The number of hydrogen-bond donors (Lipinski definition) is 2. The van der Waals surface area contributed by atoms with Crippen molar-refractivity contribution >= 4 is 38.9 Å². The Morgan fingerprint density at radius 1 is 1.29 bits per heavy atom. The van der Waals surface area contributed by atoms with Gasteiger partial charge in [0.05, 0.1) is 15.6 Å². The zero-order chi connectivity index (χ0) is 22.6. The molecule has 1 fully saturated rings. The van der Waals surface area contributed by atoms with E-state index in [0.717, 1.165) is 35.9 Å². The standard InChI is InChI=1S/C22H26ClN3O4S/c1-14-3-10-21(24-13-14)25-22(27)12-18(15-4-7-17(26-28)8-5-15)16-6-9-20(19(23)11-16)31(2,29)30/h3,6,9-11,13,15,18,28H,4-5,7-8,12H2,1-2H3,(H,24,25,27)/t15?,18-/m1/s1. The number of sulfone groups is 1. The SMILES string of the molecule is Cc1ccc(NC(=O)C[C@@H](c2ccc(S(C)(=O)=O)c(Cl)c2)C2CCC(=NO)CC2)nc1. The number of aromatic nitrogens is 1. The minimum Gasteiger partial charge on any atom is -0.411 e. The second-order valence-corrected chi connectivity index (χ2v) is 10.4. The highest BCUT2D eigenvalue weighted by molar-refractivity contribution is 7.90. The van der Waals surface area contributed by atoms with Crippen LogP contribution in [0.2, 0.25) is 5.02 Å². The van der Waals surface area contributed by atoms with Gasteiger partial charge >= 0.3 is 0 Å². The van der Waals surface area contributed by atoms with Crippen molar-refractivity contribution in [3.63, 3.8) is 0 Å². The minimum absolute atomic E-state index is 0.0725. The van der Waals surface area contributed by atoms with Gasteiger partial charge < -0.3 is 10.5 Å². The third kappa shape index (κ3) is 6.04. The lowest BCUT2D eigenvalue weighted by atomic mass is 9.74. The Morgan fingerprint density at radius 2 is 2.00 bits per heavy atom. The van der Waals surface area contributed by atoms with Crippen molar-refractivity contribution in [2.75, 3.05) is 11.6 Å². The topological polar surface area (TPSA) is 109 Å². The number of benzene rings is 1. The normalized spacial score (nSPS) is 17.8. The Kier molecular flexibility index (Phi) is 7.33. The van der Waals surface area contributed by atoms with Crippen molar-refractivity contribution in [1.82, 2.24) is 4.98 Å². The lowest BCUT2D eigenvalue weighted by Gasteiger charge is -2.31. The molecule has 0 unspecified atom stereocenters. The Morgan fingerprint density at radius 3 is 2.55 bits per heavy atom. The molecule has 1 aromatic carbocycles. The first-order chi connectivity index (χ1) is 14.7. The van der Waals surface area contributed by atoms with Crippen LogP contribution < -0.4 is 5.32 Å². The van der Waals surface area contributed by atoms with Crippen LogP contribution in [0.15, 0.2) is 46.6 Å². The highest BCUT2D eigenvalue weighted by Gasteiger charge is 2.30. The third-order valence-electron chi connectivity index (χ3n) is 5.69. The van der Waals surface area contributed by atoms with E-state index in [0.29, 0.717) is 18.7 Å². The van der Waals surface area contributed by atoms with E-state index >= 15 is 0 Å². The number of halogens is 1. The zero-order valence-electron chi connectivity index (χ0n) is 17.5. The van der Waals surface area contributed by atoms with E-state index in [1.165, 1.54) is 6.07 Å². The summed E-state index contributed by atoms with van der Waals surface area (Å²) in [6, 6.07) is 8.52. The van der Waals surface area contributed by atoms with Crippen molar-refractivity contribution < 1.29 is 18.4 Å². The first-order valence-electron chi connectivity index (χ1n) is 10.1. The van der Waals surface area contributed by atoms with Gasteiger partial charge in [0.2, 0.25) is 5.91 Å². The van der Waals surface area contributed by atoms with Crippen LogP contribution in [-0.4, -0.2) is 36.5 Å². The van der Waals surface area contributed by atoms with Crippen molar-refractivity contribution in [2.45, 2.75) is 49.8 Å². The molecule has 0 bridgehead atoms. The van der Waals surface area contributed by atoms with Gasteiger partial charge in [0.1, 0.15) is 5.82 Å². The molecule has 7 nitrogen and oxygen atoms in total. The summed E-state index contributed by atoms with van der Waals surface area (Å²) in [5.74, 6) is 0.323. The summed E-state index contributed by atoms with van der Waals surface area (Å²) in [6.45, 7) is 1.92. The molecule has 31 heavy (non-hydrogen) atoms. The van der Waals surface area contributed by atoms with Gasteiger partial charge in [-0.2, -0.15) is 0 Å². The summed E-state index contributed by atoms with van der Waals surface area (Å²) in [5.41, 5.74) is 2.58. The summed E-state index contributed by atoms with van der Waals surface area (Å²) in [6.07, 6.45) is 5.87. The van der Waals surface area contributed by atoms with Crippen molar-refractivity contribution in [3.8, 4) is 0 Å². The summed E-state index contributed by atoms with van der Waals surface area (Å²) < 4.78 is 23.8. The van der Waals surface area contributed by atoms with Gasteiger partial charge in [-0.1, -0.05) is 28.9 Å². The second-order valence-electron chi connectivity index (χ2n) is 8.05. The van der Waals surface area contributed by atoms with Gasteiger partial charge in [-0.05, 0) is 73.8 Å². The van der Waals surface area contributed by atoms with Gasteiger partial charge in [0.25, 0.3) is 0 Å². The van der Waals surface area contributed by atoms with Gasteiger partial charge in [-0.15, -0.1) is 0 Å². The Balaban J connectivity index is 1.85. The van der Waals surface area contributed by atoms with E-state index < -0.39 is 9.84 Å². The molecule has 0 saturated heterocycles. The van der Waals surface area contributed by atoms with E-state index in [4.69, 9.17) is 16.8 Å². The number of aryl methyl sites for hydroxylation is 1. The summed E-state index contributed by atoms with van der Waals surface area (Å²) in [7, 11) is -3.44. The first-order valence-corrected chi connectivity index (χ1v) is 12.4. The molecule has 2 aromatic rings. The maximum absolute atomic E-state index is 12.8. The monoisotopic (exact) mass is 463 g/mol. The van der Waals surface area contributed by atoms with Gasteiger partial charge in [-0.3, -0.25) is 4.79 Å². The highest BCUT2D eigenvalue weighted by Crippen LogP contribution is 2.39. The number of pyridine rings is 1. The molecule has 0 radical (unpaired) electrons. The molecule has 1 aliphatic rings. The summed E-state index contributed by atoms with van der Waals surface area (Å²) >= 11 is 6.28. The fourth-order valence-electron chi connectivity index (χ4n) is 4.02. The van der Waals surface area contributed by atoms with E-state index in [1.54, 1.807) is 24.4 Å². The molecule has 1 aromatic heterocycles. The second kappa shape index (κ2) is 9.78. The molecule has 0 spiro atoms. The molecular weight excluding hydrogens is 438 g/mol. The van der Waals surface area contributed by atoms with E-state index in [2.05, 4.69) is 15.5 Å². The number of nitrogens with one attached hydrogen (secondary N) is 1. The highest BCUT2D eigenvalue weighted by atomic mass is 35.5. The van der Waals surface area contributed by atoms with Gasteiger partial charge in [-0.25, -0.2) is 13.4 Å². The average molecular weight is 464 g/mol. The number of amides is 1. The molecule has 1 aliphatic carbocycles. The average Bonchev–Trinajstić information content (AvgIpc) is 2.73. The molecular formula is C22H26ClN3O4S. The number of nitrogens with zero attached hydrogens (tertiary/aromatic N) is 2. The number of carbonyl (C=O) groups excluding carboxylic acids is 1. The Hall–Kier alpha value is -2.45. The first kappa shape index (κ1) is 23.2. The lowest BCUT2D eigenvalue weighted by Crippen LogP contribution is -2.25. The van der Waals surface area contributed by atoms with E-state index in [-0.39, 0.29) is 34.1 Å². The van der Waals surface area contributed by atoms with Crippen LogP contribution in [0, 0.1) is 12.8 Å². The molecule has 1 saturated carbocycles. The predicted octanol–water partition coefficient (Wildman–Crippen LogP) is 4.58. The van der Waals surface area contributed by atoms with Crippen molar-refractivity contribution in [2.24, 2.45) is 11.1 Å². The molecule has 0 aliphatic heterocycles. The smallest absolute Gasteiger partial charge is 0.226 e. The molecule has 3 rings (SSSR count). The largest absolute Gasteiger partial charge is 0.411 e. The number of anilines is 1. The van der Waals surface area contributed by atoms with Crippen LogP contribution in [-0.2, 0) is 14.6 Å². The summed E-state index contributed by atoms with van der Waals surface area (Å²) in [5, 5.41) is 15.4. The quantitative estimate of drug-likeness (QED) is 0.481. The number of hydrogen-bond acceptors (Lipinski definition) is 6. The van der Waals surface area contributed by atoms with Gasteiger partial charge in [0.15, 0.2) is 9.84 Å². The maximum Gasteiger partial charge on any atom is 0.226 e. The lowest BCUT2D eigenvalue weighted by molar-refractivity contribution is -0.116. The van der Waals surface area contributed by atoms with Crippen LogP contribution in [0.4, 0.5) is 5.82 Å².